The van der Waals surface area contributed by atoms with E-state index in [1.54, 1.807) is 6.07 Å². The summed E-state index contributed by atoms with van der Waals surface area (Å²) in [7, 11) is 0. The molecular formula is C11H11F3O. The van der Waals surface area contributed by atoms with Gasteiger partial charge in [-0.3, -0.25) is 0 Å². The lowest BCUT2D eigenvalue weighted by Gasteiger charge is -2.12. The third kappa shape index (κ3) is 2.00. The number of aliphatic hydroxyl groups excluding tert-OH is 1. The van der Waals surface area contributed by atoms with Crippen molar-refractivity contribution in [2.75, 3.05) is 6.61 Å². The zero-order chi connectivity index (χ0) is 11.1. The molecule has 1 N–H and O–H groups in total. The standard InChI is InChI=1S/C11H11F3O/c12-11(13,14)10-4-2-1-3-8(10)9-5-7(9)6-15/h1-4,7,9,15H,5-6H2/t7-,9+/m0/s1. The molecule has 1 nitrogen and oxygen atoms in total. The molecule has 82 valence electrons. The van der Waals surface area contributed by atoms with Crippen LogP contribution < -0.4 is 0 Å². The largest absolute Gasteiger partial charge is 0.416 e. The van der Waals surface area contributed by atoms with E-state index in [0.717, 1.165) is 6.07 Å². The monoisotopic (exact) mass is 216 g/mol. The molecule has 0 aliphatic heterocycles. The van der Waals surface area contributed by atoms with Crippen LogP contribution >= 0.6 is 0 Å². The van der Waals surface area contributed by atoms with E-state index in [4.69, 9.17) is 5.11 Å². The van der Waals surface area contributed by atoms with Gasteiger partial charge in [-0.1, -0.05) is 18.2 Å². The van der Waals surface area contributed by atoms with Gasteiger partial charge in [-0.25, -0.2) is 0 Å². The number of hydrogen-bond donors (Lipinski definition) is 1. The minimum Gasteiger partial charge on any atom is -0.396 e. The quantitative estimate of drug-likeness (QED) is 0.805. The van der Waals surface area contributed by atoms with Crippen molar-refractivity contribution < 1.29 is 18.3 Å². The summed E-state index contributed by atoms with van der Waals surface area (Å²) in [5, 5.41) is 8.85. The lowest BCUT2D eigenvalue weighted by atomic mass is 10.0. The number of hydrogen-bond acceptors (Lipinski definition) is 1. The predicted molar refractivity (Wildman–Crippen MR) is 49.4 cm³/mol. The van der Waals surface area contributed by atoms with Crippen molar-refractivity contribution in [3.63, 3.8) is 0 Å². The fraction of sp³-hybridized carbons (Fsp3) is 0.455. The number of aliphatic hydroxyl groups is 1. The molecule has 1 fully saturated rings. The van der Waals surface area contributed by atoms with Gasteiger partial charge in [-0.05, 0) is 29.9 Å². The Morgan fingerprint density at radius 3 is 2.47 bits per heavy atom. The third-order valence-electron chi connectivity index (χ3n) is 2.82. The maximum atomic E-state index is 12.6. The van der Waals surface area contributed by atoms with Gasteiger partial charge in [0.1, 0.15) is 0 Å². The summed E-state index contributed by atoms with van der Waals surface area (Å²) in [6, 6.07) is 5.60. The Morgan fingerprint density at radius 1 is 1.27 bits per heavy atom. The molecule has 0 saturated heterocycles. The highest BCUT2D eigenvalue weighted by Gasteiger charge is 2.43. The highest BCUT2D eigenvalue weighted by atomic mass is 19.4. The average molecular weight is 216 g/mol. The maximum absolute atomic E-state index is 12.6. The van der Waals surface area contributed by atoms with E-state index in [-0.39, 0.29) is 18.4 Å². The minimum atomic E-state index is -4.29. The molecule has 1 aromatic rings. The number of rotatable bonds is 2. The van der Waals surface area contributed by atoms with E-state index < -0.39 is 11.7 Å². The summed E-state index contributed by atoms with van der Waals surface area (Å²) in [6.45, 7) is -0.0309. The molecule has 0 bridgehead atoms. The molecule has 2 rings (SSSR count). The zero-order valence-corrected chi connectivity index (χ0v) is 7.96. The fourth-order valence-corrected chi connectivity index (χ4v) is 1.91. The summed E-state index contributed by atoms with van der Waals surface area (Å²) in [5.74, 6) is -0.110. The number of benzene rings is 1. The molecule has 0 unspecified atom stereocenters. The SMILES string of the molecule is OC[C@@H]1C[C@H]1c1ccccc1C(F)(F)F. The van der Waals surface area contributed by atoms with Crippen LogP contribution in [0, 0.1) is 5.92 Å². The van der Waals surface area contributed by atoms with Crippen molar-refractivity contribution in [1.29, 1.82) is 0 Å². The van der Waals surface area contributed by atoms with Crippen LogP contribution in [0.15, 0.2) is 24.3 Å². The fourth-order valence-electron chi connectivity index (χ4n) is 1.91. The van der Waals surface area contributed by atoms with Gasteiger partial charge in [-0.2, -0.15) is 13.2 Å². The van der Waals surface area contributed by atoms with Gasteiger partial charge in [-0.15, -0.1) is 0 Å². The number of halogens is 3. The maximum Gasteiger partial charge on any atom is 0.416 e. The van der Waals surface area contributed by atoms with Crippen LogP contribution in [0.4, 0.5) is 13.2 Å². The van der Waals surface area contributed by atoms with Gasteiger partial charge >= 0.3 is 6.18 Å². The molecule has 1 aliphatic rings. The first-order chi connectivity index (χ1) is 7.04. The van der Waals surface area contributed by atoms with Crippen molar-refractivity contribution in [1.82, 2.24) is 0 Å². The third-order valence-corrected chi connectivity index (χ3v) is 2.82. The molecule has 0 spiro atoms. The van der Waals surface area contributed by atoms with Gasteiger partial charge < -0.3 is 5.11 Å². The Balaban J connectivity index is 2.32. The summed E-state index contributed by atoms with van der Waals surface area (Å²) in [4.78, 5) is 0. The van der Waals surface area contributed by atoms with Crippen LogP contribution in [-0.4, -0.2) is 11.7 Å². The van der Waals surface area contributed by atoms with Gasteiger partial charge in [0.25, 0.3) is 0 Å². The Labute approximate surface area is 85.5 Å². The van der Waals surface area contributed by atoms with E-state index >= 15 is 0 Å². The second-order valence-electron chi connectivity index (χ2n) is 3.87. The van der Waals surface area contributed by atoms with Gasteiger partial charge in [0.05, 0.1) is 5.56 Å². The van der Waals surface area contributed by atoms with Crippen LogP contribution in [-0.2, 0) is 6.18 Å². The molecule has 15 heavy (non-hydrogen) atoms. The Morgan fingerprint density at radius 2 is 1.93 bits per heavy atom. The highest BCUT2D eigenvalue weighted by Crippen LogP contribution is 2.50. The van der Waals surface area contributed by atoms with E-state index in [0.29, 0.717) is 12.0 Å². The van der Waals surface area contributed by atoms with E-state index in [1.807, 2.05) is 0 Å². The molecule has 1 aromatic carbocycles. The van der Waals surface area contributed by atoms with Crippen LogP contribution in [0.2, 0.25) is 0 Å². The smallest absolute Gasteiger partial charge is 0.396 e. The van der Waals surface area contributed by atoms with Gasteiger partial charge in [0.2, 0.25) is 0 Å². The minimum absolute atomic E-state index is 0.00787. The Bertz CT molecular complexity index is 359. The molecule has 0 radical (unpaired) electrons. The van der Waals surface area contributed by atoms with Crippen molar-refractivity contribution in [3.8, 4) is 0 Å². The van der Waals surface area contributed by atoms with Gasteiger partial charge in [0, 0.05) is 6.61 Å². The topological polar surface area (TPSA) is 20.2 Å². The summed E-state index contributed by atoms with van der Waals surface area (Å²) < 4.78 is 37.8. The molecule has 4 heteroatoms. The number of alkyl halides is 3. The second kappa shape index (κ2) is 3.52. The van der Waals surface area contributed by atoms with E-state index in [2.05, 4.69) is 0 Å². The predicted octanol–water partition coefficient (Wildman–Crippen LogP) is 2.80. The van der Waals surface area contributed by atoms with E-state index in [1.165, 1.54) is 12.1 Å². The van der Waals surface area contributed by atoms with Crippen LogP contribution in [0.1, 0.15) is 23.5 Å². The molecule has 1 aliphatic carbocycles. The summed E-state index contributed by atoms with van der Waals surface area (Å²) in [5.41, 5.74) is -0.241. The summed E-state index contributed by atoms with van der Waals surface area (Å²) in [6.07, 6.45) is -3.64. The highest BCUT2D eigenvalue weighted by molar-refractivity contribution is 5.36. The Kier molecular flexibility index (Phi) is 2.46. The molecule has 1 saturated carbocycles. The molecule has 0 aromatic heterocycles. The molecule has 0 amide bonds. The molecule has 2 atom stereocenters. The lowest BCUT2D eigenvalue weighted by Crippen LogP contribution is -2.08. The van der Waals surface area contributed by atoms with Crippen molar-refractivity contribution in [3.05, 3.63) is 35.4 Å². The van der Waals surface area contributed by atoms with E-state index in [9.17, 15) is 13.2 Å². The first kappa shape index (κ1) is 10.5. The molecular weight excluding hydrogens is 205 g/mol. The van der Waals surface area contributed by atoms with Crippen LogP contribution in [0.25, 0.3) is 0 Å². The Hall–Kier alpha value is -1.03. The zero-order valence-electron chi connectivity index (χ0n) is 7.96. The van der Waals surface area contributed by atoms with Gasteiger partial charge in [0.15, 0.2) is 0 Å². The van der Waals surface area contributed by atoms with Crippen molar-refractivity contribution in [2.24, 2.45) is 5.92 Å². The van der Waals surface area contributed by atoms with Crippen molar-refractivity contribution in [2.45, 2.75) is 18.5 Å². The normalized spacial score (nSPS) is 25.3. The molecule has 0 heterocycles. The average Bonchev–Trinajstić information content (AvgIpc) is 2.95. The lowest BCUT2D eigenvalue weighted by molar-refractivity contribution is -0.138. The second-order valence-corrected chi connectivity index (χ2v) is 3.87. The summed E-state index contributed by atoms with van der Waals surface area (Å²) >= 11 is 0. The first-order valence-corrected chi connectivity index (χ1v) is 4.81. The van der Waals surface area contributed by atoms with Crippen LogP contribution in [0.5, 0.6) is 0 Å². The van der Waals surface area contributed by atoms with Crippen LogP contribution in [0.3, 0.4) is 0 Å². The first-order valence-electron chi connectivity index (χ1n) is 4.81. The van der Waals surface area contributed by atoms with Crippen molar-refractivity contribution >= 4 is 0 Å².